The first kappa shape index (κ1) is 9.92. The van der Waals surface area contributed by atoms with Gasteiger partial charge >= 0.3 is 0 Å². The Kier molecular flexibility index (Phi) is 3.94. The average Bonchev–Trinajstić information content (AvgIpc) is 2.34. The molecule has 1 saturated heterocycles. The molecule has 0 aromatic rings. The van der Waals surface area contributed by atoms with Gasteiger partial charge in [-0.3, -0.25) is 4.90 Å². The van der Waals surface area contributed by atoms with Gasteiger partial charge in [0.2, 0.25) is 0 Å². The molecule has 0 amide bonds. The van der Waals surface area contributed by atoms with Crippen LogP contribution in [0, 0.1) is 0 Å². The maximum Gasteiger partial charge on any atom is 0.0972 e. The third-order valence-electron chi connectivity index (χ3n) is 2.14. The zero-order valence-electron chi connectivity index (χ0n) is 7.57. The van der Waals surface area contributed by atoms with Crippen molar-refractivity contribution in [1.29, 1.82) is 0 Å². The fourth-order valence-corrected chi connectivity index (χ4v) is 1.58. The van der Waals surface area contributed by atoms with E-state index < -0.39 is 0 Å². The molecule has 1 heterocycles. The molecule has 0 aromatic carbocycles. The third kappa shape index (κ3) is 2.42. The predicted octanol–water partition coefficient (Wildman–Crippen LogP) is -0.973. The minimum atomic E-state index is -0.337. The quantitative estimate of drug-likeness (QED) is 0.575. The summed E-state index contributed by atoms with van der Waals surface area (Å²) in [5.74, 6) is 0. The summed E-state index contributed by atoms with van der Waals surface area (Å²) in [6, 6.07) is 0. The molecule has 4 heteroatoms. The van der Waals surface area contributed by atoms with Crippen LogP contribution in [0.1, 0.15) is 6.92 Å². The van der Waals surface area contributed by atoms with Crippen molar-refractivity contribution >= 4 is 0 Å². The van der Waals surface area contributed by atoms with Gasteiger partial charge in [0.15, 0.2) is 0 Å². The van der Waals surface area contributed by atoms with Crippen LogP contribution < -0.4 is 5.73 Å². The number of likely N-dealkylation sites (tertiary alicyclic amines) is 1. The lowest BCUT2D eigenvalue weighted by atomic mass is 10.3. The SMILES string of the molecule is CCO[C@@H]1CN(CCN)C[C@H]1O. The highest BCUT2D eigenvalue weighted by molar-refractivity contribution is 4.84. The van der Waals surface area contributed by atoms with Crippen LogP contribution in [0.4, 0.5) is 0 Å². The summed E-state index contributed by atoms with van der Waals surface area (Å²) >= 11 is 0. The van der Waals surface area contributed by atoms with E-state index in [1.807, 2.05) is 6.92 Å². The number of β-amino-alcohol motifs (C(OH)–C–C–N with tert-alkyl or cyclic N) is 1. The van der Waals surface area contributed by atoms with Crippen LogP contribution >= 0.6 is 0 Å². The van der Waals surface area contributed by atoms with Crippen molar-refractivity contribution in [2.45, 2.75) is 19.1 Å². The van der Waals surface area contributed by atoms with Gasteiger partial charge in [0.1, 0.15) is 0 Å². The second-order valence-corrected chi connectivity index (χ2v) is 3.11. The number of ether oxygens (including phenoxy) is 1. The number of hydrogen-bond donors (Lipinski definition) is 2. The number of aliphatic hydroxyl groups excluding tert-OH is 1. The van der Waals surface area contributed by atoms with E-state index in [0.29, 0.717) is 19.7 Å². The molecule has 4 nitrogen and oxygen atoms in total. The van der Waals surface area contributed by atoms with E-state index in [9.17, 15) is 5.11 Å². The second kappa shape index (κ2) is 4.77. The van der Waals surface area contributed by atoms with Crippen molar-refractivity contribution < 1.29 is 9.84 Å². The standard InChI is InChI=1S/C8H18N2O2/c1-2-12-8-6-10(4-3-9)5-7(8)11/h7-8,11H,2-6,9H2,1H3/t7-,8-/m1/s1. The lowest BCUT2D eigenvalue weighted by Crippen LogP contribution is -2.28. The topological polar surface area (TPSA) is 58.7 Å². The van der Waals surface area contributed by atoms with Crippen molar-refractivity contribution in [1.82, 2.24) is 4.90 Å². The van der Waals surface area contributed by atoms with Crippen molar-refractivity contribution in [3.05, 3.63) is 0 Å². The minimum absolute atomic E-state index is 0.0125. The zero-order valence-corrected chi connectivity index (χ0v) is 7.57. The molecule has 0 bridgehead atoms. The number of rotatable bonds is 4. The number of aliphatic hydroxyl groups is 1. The summed E-state index contributed by atoms with van der Waals surface area (Å²) in [6.45, 7) is 5.61. The average molecular weight is 174 g/mol. The molecule has 2 atom stereocenters. The molecule has 0 aromatic heterocycles. The third-order valence-corrected chi connectivity index (χ3v) is 2.14. The zero-order chi connectivity index (χ0) is 8.97. The first-order chi connectivity index (χ1) is 5.77. The van der Waals surface area contributed by atoms with Gasteiger partial charge in [-0.25, -0.2) is 0 Å². The fourth-order valence-electron chi connectivity index (χ4n) is 1.58. The largest absolute Gasteiger partial charge is 0.389 e. The molecule has 12 heavy (non-hydrogen) atoms. The van der Waals surface area contributed by atoms with Gasteiger partial charge < -0.3 is 15.6 Å². The highest BCUT2D eigenvalue weighted by Crippen LogP contribution is 2.12. The minimum Gasteiger partial charge on any atom is -0.389 e. The highest BCUT2D eigenvalue weighted by atomic mass is 16.5. The Labute approximate surface area is 73.3 Å². The molecule has 0 aliphatic carbocycles. The van der Waals surface area contributed by atoms with E-state index in [-0.39, 0.29) is 12.2 Å². The summed E-state index contributed by atoms with van der Waals surface area (Å²) in [6.07, 6.45) is -0.349. The van der Waals surface area contributed by atoms with Gasteiger partial charge in [0, 0.05) is 32.8 Å². The van der Waals surface area contributed by atoms with E-state index in [0.717, 1.165) is 13.1 Å². The molecule has 0 unspecified atom stereocenters. The molecule has 0 radical (unpaired) electrons. The maximum absolute atomic E-state index is 9.51. The van der Waals surface area contributed by atoms with Gasteiger partial charge in [-0.2, -0.15) is 0 Å². The van der Waals surface area contributed by atoms with Crippen molar-refractivity contribution in [2.75, 3.05) is 32.8 Å². The molecule has 1 rings (SSSR count). The van der Waals surface area contributed by atoms with Crippen LogP contribution in [-0.4, -0.2) is 55.0 Å². The Morgan fingerprint density at radius 3 is 2.92 bits per heavy atom. The highest BCUT2D eigenvalue weighted by Gasteiger charge is 2.30. The Morgan fingerprint density at radius 2 is 2.33 bits per heavy atom. The molecule has 72 valence electrons. The normalized spacial score (nSPS) is 31.2. The number of hydrogen-bond acceptors (Lipinski definition) is 4. The van der Waals surface area contributed by atoms with E-state index in [1.165, 1.54) is 0 Å². The summed E-state index contributed by atoms with van der Waals surface area (Å²) in [4.78, 5) is 2.13. The van der Waals surface area contributed by atoms with Crippen molar-refractivity contribution in [2.24, 2.45) is 5.73 Å². The van der Waals surface area contributed by atoms with Gasteiger partial charge in [-0.15, -0.1) is 0 Å². The first-order valence-electron chi connectivity index (χ1n) is 4.50. The van der Waals surface area contributed by atoms with Crippen molar-refractivity contribution in [3.63, 3.8) is 0 Å². The summed E-state index contributed by atoms with van der Waals surface area (Å²) in [5.41, 5.74) is 5.41. The van der Waals surface area contributed by atoms with Crippen molar-refractivity contribution in [3.8, 4) is 0 Å². The Balaban J connectivity index is 2.29. The van der Waals surface area contributed by atoms with Gasteiger partial charge in [-0.05, 0) is 6.92 Å². The lowest BCUT2D eigenvalue weighted by Gasteiger charge is -2.13. The maximum atomic E-state index is 9.51. The monoisotopic (exact) mass is 174 g/mol. The predicted molar refractivity (Wildman–Crippen MR) is 46.9 cm³/mol. The smallest absolute Gasteiger partial charge is 0.0972 e. The fraction of sp³-hybridized carbons (Fsp3) is 1.00. The Hall–Kier alpha value is -0.160. The van der Waals surface area contributed by atoms with E-state index in [4.69, 9.17) is 10.5 Å². The Bertz CT molecular complexity index is 132. The van der Waals surface area contributed by atoms with Crippen LogP contribution in [0.5, 0.6) is 0 Å². The van der Waals surface area contributed by atoms with Gasteiger partial charge in [-0.1, -0.05) is 0 Å². The molecule has 3 N–H and O–H groups in total. The van der Waals surface area contributed by atoms with Gasteiger partial charge in [0.25, 0.3) is 0 Å². The molecule has 1 fully saturated rings. The molecule has 1 aliphatic rings. The second-order valence-electron chi connectivity index (χ2n) is 3.11. The molecule has 0 spiro atoms. The number of nitrogens with zero attached hydrogens (tertiary/aromatic N) is 1. The molecule has 0 saturated carbocycles. The van der Waals surface area contributed by atoms with Crippen LogP contribution in [-0.2, 0) is 4.74 Å². The molecular formula is C8H18N2O2. The Morgan fingerprint density at radius 1 is 1.58 bits per heavy atom. The van der Waals surface area contributed by atoms with Crippen LogP contribution in [0.3, 0.4) is 0 Å². The van der Waals surface area contributed by atoms with E-state index >= 15 is 0 Å². The summed E-state index contributed by atoms with van der Waals surface area (Å²) < 4.78 is 5.36. The van der Waals surface area contributed by atoms with Gasteiger partial charge in [0.05, 0.1) is 12.2 Å². The molecule has 1 aliphatic heterocycles. The molecular weight excluding hydrogens is 156 g/mol. The first-order valence-corrected chi connectivity index (χ1v) is 4.50. The summed E-state index contributed by atoms with van der Waals surface area (Å²) in [7, 11) is 0. The van der Waals surface area contributed by atoms with Crippen LogP contribution in [0.2, 0.25) is 0 Å². The van der Waals surface area contributed by atoms with E-state index in [1.54, 1.807) is 0 Å². The number of nitrogens with two attached hydrogens (primary N) is 1. The van der Waals surface area contributed by atoms with Crippen LogP contribution in [0.15, 0.2) is 0 Å². The summed E-state index contributed by atoms with van der Waals surface area (Å²) in [5, 5.41) is 9.51. The van der Waals surface area contributed by atoms with E-state index in [2.05, 4.69) is 4.90 Å². The van der Waals surface area contributed by atoms with Crippen LogP contribution in [0.25, 0.3) is 0 Å². The lowest BCUT2D eigenvalue weighted by molar-refractivity contribution is -0.00240.